The molecule has 294 valence electrons. The lowest BCUT2D eigenvalue weighted by molar-refractivity contribution is -0.197. The Hall–Kier alpha value is -3.92. The second-order valence-electron chi connectivity index (χ2n) is 14.6. The zero-order chi connectivity index (χ0) is 38.7. The van der Waals surface area contributed by atoms with E-state index in [1.807, 2.05) is 19.9 Å². The summed E-state index contributed by atoms with van der Waals surface area (Å²) in [5.74, 6) is -2.35. The number of hydrogen-bond donors (Lipinski definition) is 3. The van der Waals surface area contributed by atoms with Gasteiger partial charge in [0.1, 0.15) is 23.9 Å². The van der Waals surface area contributed by atoms with Gasteiger partial charge in [-0.15, -0.1) is 5.06 Å². The van der Waals surface area contributed by atoms with Crippen LogP contribution in [0.25, 0.3) is 0 Å². The van der Waals surface area contributed by atoms with Crippen LogP contribution in [0, 0.1) is 5.92 Å². The topological polar surface area (TPSA) is 199 Å². The van der Waals surface area contributed by atoms with Crippen LogP contribution in [-0.4, -0.2) is 107 Å². The first kappa shape index (κ1) is 41.8. The first-order chi connectivity index (χ1) is 25.2. The maximum atomic E-state index is 12.7. The highest BCUT2D eigenvalue weighted by molar-refractivity contribution is 6.01. The molecule has 7 unspecified atom stereocenters. The van der Waals surface area contributed by atoms with Crippen molar-refractivity contribution in [1.29, 1.82) is 0 Å². The molecule has 4 fully saturated rings. The summed E-state index contributed by atoms with van der Waals surface area (Å²) in [6, 6.07) is -0.157. The largest absolute Gasteiger partial charge is 0.459 e. The molecule has 4 amide bonds. The van der Waals surface area contributed by atoms with Crippen LogP contribution in [0.3, 0.4) is 0 Å². The van der Waals surface area contributed by atoms with E-state index in [0.717, 1.165) is 12.0 Å². The highest BCUT2D eigenvalue weighted by Crippen LogP contribution is 2.43. The third-order valence-corrected chi connectivity index (χ3v) is 9.92. The van der Waals surface area contributed by atoms with Crippen LogP contribution < -0.4 is 10.6 Å². The van der Waals surface area contributed by atoms with E-state index in [-0.39, 0.29) is 61.7 Å². The van der Waals surface area contributed by atoms with Crippen LogP contribution in [0.4, 0.5) is 0 Å². The molecule has 53 heavy (non-hydrogen) atoms. The summed E-state index contributed by atoms with van der Waals surface area (Å²) in [6.07, 6.45) is 9.83. The van der Waals surface area contributed by atoms with Crippen molar-refractivity contribution in [2.75, 3.05) is 13.2 Å². The molecule has 15 heteroatoms. The van der Waals surface area contributed by atoms with Crippen molar-refractivity contribution in [3.8, 4) is 0 Å². The van der Waals surface area contributed by atoms with Crippen LogP contribution in [-0.2, 0) is 52.6 Å². The number of ether oxygens (including phenoxy) is 4. The number of esters is 1. The van der Waals surface area contributed by atoms with Crippen LogP contribution in [0.2, 0.25) is 0 Å². The smallest absolute Gasteiger partial charge is 0.333 e. The fourth-order valence-electron chi connectivity index (χ4n) is 6.77. The van der Waals surface area contributed by atoms with E-state index in [4.69, 9.17) is 23.8 Å². The lowest BCUT2D eigenvalue weighted by Crippen LogP contribution is -2.50. The molecule has 1 spiro atoms. The predicted octanol–water partition coefficient (Wildman–Crippen LogP) is 2.65. The number of hydroxylamine groups is 2. The summed E-state index contributed by atoms with van der Waals surface area (Å²) < 4.78 is 23.1. The zero-order valence-corrected chi connectivity index (χ0v) is 31.4. The summed E-state index contributed by atoms with van der Waals surface area (Å²) >= 11 is 0. The average Bonchev–Trinajstić information content (AvgIpc) is 3.80. The number of epoxide rings is 1. The molecule has 4 aliphatic heterocycles. The molecule has 9 atom stereocenters. The Morgan fingerprint density at radius 2 is 1.77 bits per heavy atom. The van der Waals surface area contributed by atoms with Crippen molar-refractivity contribution in [2.45, 2.75) is 147 Å². The molecule has 0 aromatic heterocycles. The number of carbonyl (C=O) groups excluding carboxylic acids is 6. The van der Waals surface area contributed by atoms with Crippen LogP contribution in [0.15, 0.2) is 36.0 Å². The van der Waals surface area contributed by atoms with Crippen molar-refractivity contribution in [3.63, 3.8) is 0 Å². The first-order valence-electron chi connectivity index (χ1n) is 18.6. The van der Waals surface area contributed by atoms with Crippen molar-refractivity contribution >= 4 is 35.6 Å². The summed E-state index contributed by atoms with van der Waals surface area (Å²) in [5.41, 5.74) is 0.238. The van der Waals surface area contributed by atoms with Crippen LogP contribution in [0.1, 0.15) is 98.8 Å². The Morgan fingerprint density at radius 1 is 1.06 bits per heavy atom. The quantitative estimate of drug-likeness (QED) is 0.0492. The van der Waals surface area contributed by atoms with Gasteiger partial charge in [0.2, 0.25) is 11.8 Å². The van der Waals surface area contributed by atoms with Gasteiger partial charge in [-0.25, -0.2) is 4.79 Å². The van der Waals surface area contributed by atoms with E-state index >= 15 is 0 Å². The molecule has 0 aromatic rings. The Kier molecular flexibility index (Phi) is 15.3. The Bertz CT molecular complexity index is 1420. The maximum Gasteiger partial charge on any atom is 0.333 e. The summed E-state index contributed by atoms with van der Waals surface area (Å²) in [6.45, 7) is 9.81. The molecular weight excluding hydrogens is 690 g/mol. The minimum atomic E-state index is -0.867. The Balaban J connectivity index is 1.16. The molecule has 0 radical (unpaired) electrons. The van der Waals surface area contributed by atoms with Crippen molar-refractivity contribution < 1.29 is 57.7 Å². The van der Waals surface area contributed by atoms with Gasteiger partial charge in [-0.2, -0.15) is 0 Å². The normalized spacial score (nSPS) is 30.9. The molecule has 0 bridgehead atoms. The standard InChI is InChI=1S/C38H55N3O12/c1-23(10-13-30-24(2)19-29(26(4)51-30)40-32(43)15-12-25(3)50-27(5)42)11-14-31-37(48)38(22-49-38)21-28(52-31)20-33(44)39-18-8-6-7-9-36(47)53-41-34(45)16-17-35(41)46/h10-12,14-15,24-26,28-31,37,48H,6-9,13,16-22H2,1-5H3,(H,39,44)(H,40,43)/b14-11+,15-12-,23-10+/t24?,25?,26?,28-,29?,30?,31?,37-,38?/m1/s1. The Labute approximate surface area is 310 Å². The minimum Gasteiger partial charge on any atom is -0.459 e. The van der Waals surface area contributed by atoms with Crippen molar-refractivity contribution in [1.82, 2.24) is 15.7 Å². The van der Waals surface area contributed by atoms with E-state index in [2.05, 4.69) is 23.6 Å². The molecular formula is C38H55N3O12. The van der Waals surface area contributed by atoms with E-state index in [1.165, 1.54) is 19.1 Å². The lowest BCUT2D eigenvalue weighted by Gasteiger charge is -2.39. The number of nitrogens with one attached hydrogen (secondary N) is 2. The van der Waals surface area contributed by atoms with Crippen molar-refractivity contribution in [3.05, 3.63) is 36.0 Å². The van der Waals surface area contributed by atoms with E-state index < -0.39 is 53.8 Å². The van der Waals surface area contributed by atoms with Gasteiger partial charge in [0.15, 0.2) is 0 Å². The van der Waals surface area contributed by atoms with E-state index in [1.54, 1.807) is 13.0 Å². The summed E-state index contributed by atoms with van der Waals surface area (Å²) in [4.78, 5) is 76.2. The molecule has 15 nitrogen and oxygen atoms in total. The number of aliphatic hydroxyl groups is 1. The highest BCUT2D eigenvalue weighted by atomic mass is 16.7. The SMILES string of the molecule is CC(=O)OC(C)/C=C\C(=O)NC1CC(C)C(C/C=C(C)/C=C/C2O[C@H](CC(=O)NCCCCCC(=O)ON3C(=O)CCC3=O)CC3(CO3)[C@@H]2O)OC1C. The van der Waals surface area contributed by atoms with Gasteiger partial charge in [0, 0.05) is 45.2 Å². The van der Waals surface area contributed by atoms with Crippen LogP contribution in [0.5, 0.6) is 0 Å². The fraction of sp³-hybridized carbons (Fsp3) is 0.684. The van der Waals surface area contributed by atoms with Gasteiger partial charge >= 0.3 is 11.9 Å². The third-order valence-electron chi connectivity index (χ3n) is 9.92. The van der Waals surface area contributed by atoms with Gasteiger partial charge in [0.05, 0.1) is 37.4 Å². The second kappa shape index (κ2) is 19.4. The number of amides is 4. The number of allylic oxidation sites excluding steroid dienone is 2. The second-order valence-corrected chi connectivity index (χ2v) is 14.6. The number of imide groups is 1. The maximum absolute atomic E-state index is 12.7. The third kappa shape index (κ3) is 12.9. The first-order valence-corrected chi connectivity index (χ1v) is 18.6. The lowest BCUT2D eigenvalue weighted by atomic mass is 9.87. The molecule has 4 aliphatic rings. The predicted molar refractivity (Wildman–Crippen MR) is 189 cm³/mol. The molecule has 0 aliphatic carbocycles. The van der Waals surface area contributed by atoms with Gasteiger partial charge in [-0.1, -0.05) is 37.1 Å². The van der Waals surface area contributed by atoms with Gasteiger partial charge in [0.25, 0.3) is 11.8 Å². The minimum absolute atomic E-state index is 0.0428. The van der Waals surface area contributed by atoms with Gasteiger partial charge < -0.3 is 39.5 Å². The number of rotatable bonds is 17. The average molecular weight is 746 g/mol. The van der Waals surface area contributed by atoms with Gasteiger partial charge in [-0.3, -0.25) is 24.0 Å². The monoisotopic (exact) mass is 745 g/mol. The highest BCUT2D eigenvalue weighted by Gasteiger charge is 2.58. The molecule has 3 N–H and O–H groups in total. The molecule has 4 heterocycles. The number of aliphatic hydroxyl groups excluding tert-OH is 1. The van der Waals surface area contributed by atoms with Gasteiger partial charge in [-0.05, 0) is 58.4 Å². The van der Waals surface area contributed by atoms with E-state index in [9.17, 15) is 33.9 Å². The van der Waals surface area contributed by atoms with Crippen LogP contribution >= 0.6 is 0 Å². The number of hydrogen-bond acceptors (Lipinski definition) is 12. The molecule has 0 aromatic carbocycles. The summed E-state index contributed by atoms with van der Waals surface area (Å²) in [5, 5.41) is 17.4. The Morgan fingerprint density at radius 3 is 2.45 bits per heavy atom. The molecule has 4 saturated heterocycles. The number of nitrogens with zero attached hydrogens (tertiary/aromatic N) is 1. The fourth-order valence-corrected chi connectivity index (χ4v) is 6.77. The van der Waals surface area contributed by atoms with E-state index in [0.29, 0.717) is 50.3 Å². The molecule has 4 rings (SSSR count). The zero-order valence-electron chi connectivity index (χ0n) is 31.4. The van der Waals surface area contributed by atoms with Crippen molar-refractivity contribution in [2.24, 2.45) is 5.92 Å². The molecule has 0 saturated carbocycles. The number of carbonyl (C=O) groups is 6. The summed E-state index contributed by atoms with van der Waals surface area (Å²) in [7, 11) is 0. The number of unbranched alkanes of at least 4 members (excludes halogenated alkanes) is 2.